The van der Waals surface area contributed by atoms with Gasteiger partial charge in [0.25, 0.3) is 12.0 Å². The molecule has 0 amide bonds. The largest absolute Gasteiger partial charge is 0.306 e. The Morgan fingerprint density at radius 3 is 2.72 bits per heavy atom. The smallest absolute Gasteiger partial charge is 0.264 e. The second-order valence-corrected chi connectivity index (χ2v) is 4.82. The molecule has 3 nitrogen and oxygen atoms in total. The van der Waals surface area contributed by atoms with E-state index in [0.29, 0.717) is 20.7 Å². The van der Waals surface area contributed by atoms with Crippen molar-refractivity contribution in [3.8, 4) is 11.4 Å². The lowest BCUT2D eigenvalue weighted by Crippen LogP contribution is -2.14. The minimum absolute atomic E-state index is 0.0913. The number of alkyl halides is 2. The van der Waals surface area contributed by atoms with Crippen molar-refractivity contribution in [2.75, 3.05) is 0 Å². The maximum atomic E-state index is 12.6. The number of nitrogens with zero attached hydrogens (tertiary/aromatic N) is 1. The van der Waals surface area contributed by atoms with Crippen molar-refractivity contribution in [3.63, 3.8) is 0 Å². The van der Waals surface area contributed by atoms with Gasteiger partial charge in [0.2, 0.25) is 0 Å². The second kappa shape index (κ2) is 5.13. The second-order valence-electron chi connectivity index (χ2n) is 3.74. The van der Waals surface area contributed by atoms with Crippen LogP contribution in [0.15, 0.2) is 29.1 Å². The Hall–Kier alpha value is -1.31. The van der Waals surface area contributed by atoms with Gasteiger partial charge in [0.15, 0.2) is 0 Å². The summed E-state index contributed by atoms with van der Waals surface area (Å²) in [4.78, 5) is 18.4. The van der Waals surface area contributed by atoms with Gasteiger partial charge in [-0.05, 0) is 35.6 Å². The molecule has 2 aromatic rings. The molecule has 0 atom stereocenters. The molecule has 0 saturated carbocycles. The van der Waals surface area contributed by atoms with Crippen LogP contribution >= 0.6 is 22.6 Å². The van der Waals surface area contributed by atoms with Gasteiger partial charge in [-0.1, -0.05) is 18.2 Å². The van der Waals surface area contributed by atoms with E-state index < -0.39 is 6.43 Å². The molecule has 0 radical (unpaired) electrons. The van der Waals surface area contributed by atoms with E-state index in [4.69, 9.17) is 0 Å². The van der Waals surface area contributed by atoms with Gasteiger partial charge >= 0.3 is 0 Å². The minimum Gasteiger partial charge on any atom is -0.306 e. The first kappa shape index (κ1) is 13.1. The quantitative estimate of drug-likeness (QED) is 0.834. The monoisotopic (exact) mass is 362 g/mol. The molecule has 18 heavy (non-hydrogen) atoms. The van der Waals surface area contributed by atoms with Gasteiger partial charge in [-0.2, -0.15) is 0 Å². The van der Waals surface area contributed by atoms with E-state index in [9.17, 15) is 13.6 Å². The third-order valence-electron chi connectivity index (χ3n) is 2.44. The minimum atomic E-state index is -2.54. The lowest BCUT2D eigenvalue weighted by atomic mass is 10.1. The van der Waals surface area contributed by atoms with Gasteiger partial charge < -0.3 is 4.98 Å². The fourth-order valence-corrected chi connectivity index (χ4v) is 1.79. The van der Waals surface area contributed by atoms with Crippen molar-refractivity contribution in [2.45, 2.75) is 13.3 Å². The topological polar surface area (TPSA) is 45.8 Å². The number of H-pyrrole nitrogens is 1. The molecule has 0 bridgehead atoms. The van der Waals surface area contributed by atoms with Crippen LogP contribution in [0, 0.1) is 10.5 Å². The summed E-state index contributed by atoms with van der Waals surface area (Å²) in [6.45, 7) is 1.71. The molecule has 0 aliphatic heterocycles. The van der Waals surface area contributed by atoms with E-state index in [1.54, 1.807) is 13.0 Å². The van der Waals surface area contributed by atoms with E-state index in [2.05, 4.69) is 9.97 Å². The van der Waals surface area contributed by atoms with Crippen LogP contribution < -0.4 is 5.56 Å². The number of nitrogens with one attached hydrogen (secondary N) is 1. The maximum absolute atomic E-state index is 12.6. The number of hydrogen-bond acceptors (Lipinski definition) is 2. The molecule has 0 fully saturated rings. The first-order valence-electron chi connectivity index (χ1n) is 5.14. The molecule has 94 valence electrons. The highest BCUT2D eigenvalue weighted by Crippen LogP contribution is 2.23. The van der Waals surface area contributed by atoms with E-state index in [0.717, 1.165) is 0 Å². The lowest BCUT2D eigenvalue weighted by Gasteiger charge is -2.05. The Morgan fingerprint density at radius 2 is 2.11 bits per heavy atom. The summed E-state index contributed by atoms with van der Waals surface area (Å²) in [6.07, 6.45) is -2.54. The van der Waals surface area contributed by atoms with Crippen LogP contribution in [0.3, 0.4) is 0 Å². The molecular formula is C12H9F2IN2O. The summed E-state index contributed by atoms with van der Waals surface area (Å²) >= 11 is 1.90. The summed E-state index contributed by atoms with van der Waals surface area (Å²) in [5.74, 6) is 0.306. The number of aryl methyl sites for hydroxylation is 1. The molecule has 1 N–H and O–H groups in total. The molecule has 0 spiro atoms. The molecular weight excluding hydrogens is 353 g/mol. The highest BCUT2D eigenvalue weighted by Gasteiger charge is 2.10. The molecule has 0 saturated heterocycles. The Bertz CT molecular complexity index is 640. The van der Waals surface area contributed by atoms with Gasteiger partial charge in [0, 0.05) is 11.1 Å². The number of rotatable bonds is 2. The van der Waals surface area contributed by atoms with Crippen molar-refractivity contribution in [3.05, 3.63) is 49.4 Å². The van der Waals surface area contributed by atoms with Crippen molar-refractivity contribution < 1.29 is 8.78 Å². The van der Waals surface area contributed by atoms with E-state index in [1.165, 1.54) is 18.2 Å². The standard InChI is InChI=1S/C12H9F2IN2O/c1-6-9(15)12(18)17-11(16-6)8-4-2-3-7(5-8)10(13)14/h2-5,10H,1H3,(H,16,17,18). The fourth-order valence-electron chi connectivity index (χ4n) is 1.53. The van der Waals surface area contributed by atoms with Crippen LogP contribution in [-0.2, 0) is 0 Å². The predicted molar refractivity (Wildman–Crippen MR) is 72.7 cm³/mol. The fraction of sp³-hybridized carbons (Fsp3) is 0.167. The molecule has 1 aromatic carbocycles. The van der Waals surface area contributed by atoms with Gasteiger partial charge in [-0.3, -0.25) is 4.79 Å². The van der Waals surface area contributed by atoms with E-state index in [1.807, 2.05) is 22.6 Å². The average Bonchev–Trinajstić information content (AvgIpc) is 2.35. The predicted octanol–water partition coefficient (Wildman–Crippen LogP) is 3.29. The summed E-state index contributed by atoms with van der Waals surface area (Å²) in [6, 6.07) is 5.82. The Morgan fingerprint density at radius 1 is 1.39 bits per heavy atom. The zero-order valence-corrected chi connectivity index (χ0v) is 11.5. The molecule has 0 aliphatic rings. The number of benzene rings is 1. The highest BCUT2D eigenvalue weighted by atomic mass is 127. The van der Waals surface area contributed by atoms with Crippen LogP contribution in [-0.4, -0.2) is 9.97 Å². The van der Waals surface area contributed by atoms with Crippen molar-refractivity contribution in [2.24, 2.45) is 0 Å². The average molecular weight is 362 g/mol. The lowest BCUT2D eigenvalue weighted by molar-refractivity contribution is 0.151. The van der Waals surface area contributed by atoms with E-state index in [-0.39, 0.29) is 11.1 Å². The van der Waals surface area contributed by atoms with Crippen molar-refractivity contribution in [1.29, 1.82) is 0 Å². The van der Waals surface area contributed by atoms with Crippen molar-refractivity contribution >= 4 is 22.6 Å². The zero-order valence-electron chi connectivity index (χ0n) is 9.38. The number of aromatic amines is 1. The van der Waals surface area contributed by atoms with Gasteiger partial charge in [-0.15, -0.1) is 0 Å². The maximum Gasteiger partial charge on any atom is 0.264 e. The van der Waals surface area contributed by atoms with Crippen LogP contribution in [0.25, 0.3) is 11.4 Å². The van der Waals surface area contributed by atoms with Gasteiger partial charge in [0.05, 0.1) is 9.26 Å². The molecule has 0 unspecified atom stereocenters. The number of aromatic nitrogens is 2. The molecule has 1 aromatic heterocycles. The highest BCUT2D eigenvalue weighted by molar-refractivity contribution is 14.1. The zero-order chi connectivity index (χ0) is 13.3. The molecule has 1 heterocycles. The SMILES string of the molecule is Cc1nc(-c2cccc(C(F)F)c2)[nH]c(=O)c1I. The van der Waals surface area contributed by atoms with E-state index >= 15 is 0 Å². The summed E-state index contributed by atoms with van der Waals surface area (Å²) in [5, 5.41) is 0. The molecule has 0 aliphatic carbocycles. The Balaban J connectivity index is 2.55. The van der Waals surface area contributed by atoms with Crippen LogP contribution in [0.4, 0.5) is 8.78 Å². The van der Waals surface area contributed by atoms with Crippen LogP contribution in [0.1, 0.15) is 17.7 Å². The Kier molecular flexibility index (Phi) is 3.74. The third-order valence-corrected chi connectivity index (χ3v) is 3.71. The number of halogens is 3. The normalized spacial score (nSPS) is 10.9. The number of hydrogen-bond donors (Lipinski definition) is 1. The van der Waals surface area contributed by atoms with Gasteiger partial charge in [-0.25, -0.2) is 13.8 Å². The molecule has 6 heteroatoms. The van der Waals surface area contributed by atoms with Gasteiger partial charge in [0.1, 0.15) is 5.82 Å². The van der Waals surface area contributed by atoms with Crippen molar-refractivity contribution in [1.82, 2.24) is 9.97 Å². The molecule has 2 rings (SSSR count). The van der Waals surface area contributed by atoms with Crippen LogP contribution in [0.2, 0.25) is 0 Å². The first-order chi connectivity index (χ1) is 8.49. The summed E-state index contributed by atoms with van der Waals surface area (Å²) in [7, 11) is 0. The third kappa shape index (κ3) is 2.58. The summed E-state index contributed by atoms with van der Waals surface area (Å²) in [5.41, 5.74) is 0.702. The summed E-state index contributed by atoms with van der Waals surface area (Å²) < 4.78 is 25.7. The Labute approximate surface area is 115 Å². The first-order valence-corrected chi connectivity index (χ1v) is 6.22. The van der Waals surface area contributed by atoms with Crippen LogP contribution in [0.5, 0.6) is 0 Å².